The molecule has 0 unspecified atom stereocenters. The zero-order valence-electron chi connectivity index (χ0n) is 19.4. The van der Waals surface area contributed by atoms with Crippen LogP contribution in [-0.4, -0.2) is 58.3 Å². The Hall–Kier alpha value is -3.42. The molecule has 0 saturated carbocycles. The van der Waals surface area contributed by atoms with Crippen molar-refractivity contribution in [2.75, 3.05) is 32.6 Å². The van der Waals surface area contributed by atoms with Crippen LogP contribution in [0.1, 0.15) is 47.1 Å². The van der Waals surface area contributed by atoms with Gasteiger partial charge in [0.25, 0.3) is 5.91 Å². The van der Waals surface area contributed by atoms with Crippen molar-refractivity contribution in [2.45, 2.75) is 32.2 Å². The van der Waals surface area contributed by atoms with Crippen molar-refractivity contribution in [1.82, 2.24) is 24.6 Å². The number of piperidine rings is 1. The normalized spacial score (nSPS) is 16.2. The molecule has 168 valence electrons. The van der Waals surface area contributed by atoms with Gasteiger partial charge in [0, 0.05) is 45.1 Å². The van der Waals surface area contributed by atoms with Crippen LogP contribution in [0.4, 0.5) is 5.95 Å². The zero-order valence-corrected chi connectivity index (χ0v) is 19.4. The lowest BCUT2D eigenvalue weighted by molar-refractivity contribution is 0.0606. The van der Waals surface area contributed by atoms with E-state index < -0.39 is 0 Å². The minimum Gasteiger partial charge on any atom is -0.497 e. The number of benzene rings is 1. The van der Waals surface area contributed by atoms with E-state index in [1.54, 1.807) is 18.0 Å². The Kier molecular flexibility index (Phi) is 6.12. The third-order valence-electron chi connectivity index (χ3n) is 6.15. The lowest BCUT2D eigenvalue weighted by Crippen LogP contribution is -2.39. The van der Waals surface area contributed by atoms with Gasteiger partial charge in [-0.15, -0.1) is 0 Å². The number of carbonyl (C=O) groups excluding carboxylic acids is 1. The molecule has 0 bridgehead atoms. The maximum atomic E-state index is 13.6. The predicted molar refractivity (Wildman–Crippen MR) is 124 cm³/mol. The van der Waals surface area contributed by atoms with E-state index in [-0.39, 0.29) is 11.9 Å². The summed E-state index contributed by atoms with van der Waals surface area (Å²) >= 11 is 0. The molecule has 4 rings (SSSR count). The van der Waals surface area contributed by atoms with Gasteiger partial charge < -0.3 is 14.5 Å². The molecule has 0 aliphatic carbocycles. The third kappa shape index (κ3) is 4.04. The van der Waals surface area contributed by atoms with Gasteiger partial charge >= 0.3 is 0 Å². The Labute approximate surface area is 188 Å². The average molecular weight is 435 g/mol. The van der Waals surface area contributed by atoms with E-state index in [1.165, 1.54) is 0 Å². The van der Waals surface area contributed by atoms with Crippen LogP contribution in [0.3, 0.4) is 0 Å². The van der Waals surface area contributed by atoms with Crippen LogP contribution >= 0.6 is 0 Å². The van der Waals surface area contributed by atoms with Gasteiger partial charge in [-0.05, 0) is 43.9 Å². The molecule has 1 amide bonds. The first-order chi connectivity index (χ1) is 15.4. The Bertz CT molecular complexity index is 1110. The monoisotopic (exact) mass is 434 g/mol. The van der Waals surface area contributed by atoms with E-state index in [0.717, 1.165) is 47.5 Å². The summed E-state index contributed by atoms with van der Waals surface area (Å²) in [5.41, 5.74) is 4.33. The van der Waals surface area contributed by atoms with Crippen molar-refractivity contribution in [3.8, 4) is 16.9 Å². The Morgan fingerprint density at radius 2 is 1.91 bits per heavy atom. The molecule has 3 heterocycles. The van der Waals surface area contributed by atoms with Crippen LogP contribution in [0.15, 0.2) is 36.7 Å². The number of hydrogen-bond donors (Lipinski definition) is 0. The number of rotatable bonds is 5. The number of amides is 1. The van der Waals surface area contributed by atoms with Gasteiger partial charge in [-0.3, -0.25) is 9.48 Å². The maximum Gasteiger partial charge on any atom is 0.257 e. The van der Waals surface area contributed by atoms with E-state index in [1.807, 2.05) is 68.3 Å². The fourth-order valence-corrected chi connectivity index (χ4v) is 4.17. The van der Waals surface area contributed by atoms with E-state index in [2.05, 4.69) is 10.1 Å². The SMILES string of the molecule is COc1ccc(-c2cnc(N(C)C)nc2[C@H]2CCCCN2C(=O)c2cnn(C)c2C)cc1. The summed E-state index contributed by atoms with van der Waals surface area (Å²) in [6.07, 6.45) is 6.41. The lowest BCUT2D eigenvalue weighted by atomic mass is 9.93. The summed E-state index contributed by atoms with van der Waals surface area (Å²) in [4.78, 5) is 26.9. The van der Waals surface area contributed by atoms with Crippen molar-refractivity contribution < 1.29 is 9.53 Å². The van der Waals surface area contributed by atoms with Gasteiger partial charge in [-0.2, -0.15) is 5.10 Å². The number of aryl methyl sites for hydroxylation is 1. The molecule has 32 heavy (non-hydrogen) atoms. The number of nitrogens with zero attached hydrogens (tertiary/aromatic N) is 6. The summed E-state index contributed by atoms with van der Waals surface area (Å²) < 4.78 is 7.05. The zero-order chi connectivity index (χ0) is 22.8. The summed E-state index contributed by atoms with van der Waals surface area (Å²) in [6.45, 7) is 2.62. The van der Waals surface area contributed by atoms with E-state index in [4.69, 9.17) is 9.72 Å². The minimum absolute atomic E-state index is 0.00555. The van der Waals surface area contributed by atoms with Gasteiger partial charge in [0.1, 0.15) is 5.75 Å². The highest BCUT2D eigenvalue weighted by atomic mass is 16.5. The standard InChI is InChI=1S/C24H30N6O2/c1-16-19(15-26-29(16)4)23(31)30-13-7-6-8-21(30)22-20(14-25-24(27-22)28(2)3)17-9-11-18(32-5)12-10-17/h9-12,14-15,21H,6-8,13H2,1-5H3/t21-/m1/s1. The second-order valence-corrected chi connectivity index (χ2v) is 8.37. The molecular weight excluding hydrogens is 404 g/mol. The lowest BCUT2D eigenvalue weighted by Gasteiger charge is -2.36. The van der Waals surface area contributed by atoms with Crippen molar-refractivity contribution in [3.63, 3.8) is 0 Å². The topological polar surface area (TPSA) is 76.4 Å². The van der Waals surface area contributed by atoms with Crippen LogP contribution < -0.4 is 9.64 Å². The van der Waals surface area contributed by atoms with Gasteiger partial charge in [0.2, 0.25) is 5.95 Å². The second kappa shape index (κ2) is 8.98. The largest absolute Gasteiger partial charge is 0.497 e. The fraction of sp³-hybridized carbons (Fsp3) is 0.417. The van der Waals surface area contributed by atoms with Crippen LogP contribution in [0.2, 0.25) is 0 Å². The third-order valence-corrected chi connectivity index (χ3v) is 6.15. The second-order valence-electron chi connectivity index (χ2n) is 8.37. The van der Waals surface area contributed by atoms with E-state index in [9.17, 15) is 4.79 Å². The van der Waals surface area contributed by atoms with Gasteiger partial charge in [-0.25, -0.2) is 9.97 Å². The summed E-state index contributed by atoms with van der Waals surface area (Å²) in [5.74, 6) is 1.43. The molecule has 1 aliphatic rings. The first-order valence-electron chi connectivity index (χ1n) is 10.9. The number of ether oxygens (including phenoxy) is 1. The van der Waals surface area contributed by atoms with Gasteiger partial charge in [-0.1, -0.05) is 12.1 Å². The summed E-state index contributed by atoms with van der Waals surface area (Å²) in [6, 6.07) is 7.76. The molecule has 1 atom stereocenters. The van der Waals surface area contributed by atoms with Crippen molar-refractivity contribution in [3.05, 3.63) is 53.6 Å². The highest BCUT2D eigenvalue weighted by Crippen LogP contribution is 2.37. The summed E-state index contributed by atoms with van der Waals surface area (Å²) in [5, 5.41) is 4.27. The van der Waals surface area contributed by atoms with E-state index in [0.29, 0.717) is 18.1 Å². The van der Waals surface area contributed by atoms with Crippen molar-refractivity contribution in [1.29, 1.82) is 0 Å². The number of aromatic nitrogens is 4. The minimum atomic E-state index is -0.130. The van der Waals surface area contributed by atoms with Gasteiger partial charge in [0.05, 0.1) is 30.6 Å². The van der Waals surface area contributed by atoms with Crippen molar-refractivity contribution >= 4 is 11.9 Å². The average Bonchev–Trinajstić information content (AvgIpc) is 3.16. The molecule has 0 N–H and O–H groups in total. The molecule has 2 aromatic heterocycles. The van der Waals surface area contributed by atoms with Crippen molar-refractivity contribution in [2.24, 2.45) is 7.05 Å². The number of methoxy groups -OCH3 is 1. The molecule has 0 radical (unpaired) electrons. The maximum absolute atomic E-state index is 13.6. The fourth-order valence-electron chi connectivity index (χ4n) is 4.17. The highest BCUT2D eigenvalue weighted by Gasteiger charge is 2.33. The number of likely N-dealkylation sites (tertiary alicyclic amines) is 1. The molecule has 1 aliphatic heterocycles. The molecule has 1 fully saturated rings. The van der Waals surface area contributed by atoms with Crippen LogP contribution in [0, 0.1) is 6.92 Å². The Balaban J connectivity index is 1.80. The first-order valence-corrected chi connectivity index (χ1v) is 10.9. The Morgan fingerprint density at radius 3 is 2.53 bits per heavy atom. The molecule has 1 saturated heterocycles. The molecule has 8 nitrogen and oxygen atoms in total. The van der Waals surface area contributed by atoms with Gasteiger partial charge in [0.15, 0.2) is 0 Å². The highest BCUT2D eigenvalue weighted by molar-refractivity contribution is 5.95. The predicted octanol–water partition coefficient (Wildman–Crippen LogP) is 3.63. The molecule has 0 spiro atoms. The molecule has 1 aromatic carbocycles. The Morgan fingerprint density at radius 1 is 1.16 bits per heavy atom. The molecule has 8 heteroatoms. The smallest absolute Gasteiger partial charge is 0.257 e. The molecular formula is C24H30N6O2. The summed E-state index contributed by atoms with van der Waals surface area (Å²) in [7, 11) is 7.36. The number of carbonyl (C=O) groups is 1. The first kappa shape index (κ1) is 21.8. The quantitative estimate of drug-likeness (QED) is 0.610. The number of anilines is 1. The molecule has 3 aromatic rings. The van der Waals surface area contributed by atoms with Crippen LogP contribution in [-0.2, 0) is 7.05 Å². The van der Waals surface area contributed by atoms with Crippen LogP contribution in [0.5, 0.6) is 5.75 Å². The van der Waals surface area contributed by atoms with E-state index >= 15 is 0 Å². The number of hydrogen-bond acceptors (Lipinski definition) is 6. The van der Waals surface area contributed by atoms with Crippen LogP contribution in [0.25, 0.3) is 11.1 Å².